The third-order valence-corrected chi connectivity index (χ3v) is 4.34. The first-order chi connectivity index (χ1) is 12.9. The number of likely N-dealkylation sites (N-methyl/N-ethyl adjacent to an activating group) is 1. The van der Waals surface area contributed by atoms with Crippen LogP contribution < -0.4 is 15.4 Å². The van der Waals surface area contributed by atoms with E-state index in [0.29, 0.717) is 33.7 Å². The Morgan fingerprint density at radius 3 is 2.37 bits per heavy atom. The lowest BCUT2D eigenvalue weighted by Gasteiger charge is -2.16. The molecule has 0 saturated carbocycles. The van der Waals surface area contributed by atoms with Crippen LogP contribution in [0, 0.1) is 0 Å². The Bertz CT molecular complexity index is 794. The van der Waals surface area contributed by atoms with E-state index >= 15 is 0 Å². The molecule has 0 aliphatic carbocycles. The van der Waals surface area contributed by atoms with Gasteiger partial charge in [0, 0.05) is 24.7 Å². The van der Waals surface area contributed by atoms with Crippen molar-refractivity contribution in [1.29, 1.82) is 0 Å². The van der Waals surface area contributed by atoms with Crippen LogP contribution in [-0.2, 0) is 9.59 Å². The molecule has 2 rings (SSSR count). The molecular weight excluding hydrogens is 389 g/mol. The van der Waals surface area contributed by atoms with Crippen molar-refractivity contribution in [3.05, 3.63) is 52.5 Å². The van der Waals surface area contributed by atoms with Crippen LogP contribution in [0.4, 0.5) is 11.4 Å². The molecule has 2 amide bonds. The van der Waals surface area contributed by atoms with E-state index in [9.17, 15) is 9.59 Å². The highest BCUT2D eigenvalue weighted by atomic mass is 35.5. The maximum atomic E-state index is 12.1. The summed E-state index contributed by atoms with van der Waals surface area (Å²) in [5, 5.41) is 6.24. The number of nitrogens with one attached hydrogen (secondary N) is 2. The number of ether oxygens (including phenoxy) is 1. The van der Waals surface area contributed by atoms with Gasteiger partial charge >= 0.3 is 0 Å². The van der Waals surface area contributed by atoms with Crippen molar-refractivity contribution < 1.29 is 14.3 Å². The number of hydrogen-bond donors (Lipinski definition) is 2. The summed E-state index contributed by atoms with van der Waals surface area (Å²) in [6.07, 6.45) is 0.199. The normalized spacial score (nSPS) is 10.6. The first kappa shape index (κ1) is 21.0. The average Bonchev–Trinajstić information content (AvgIpc) is 2.63. The topological polar surface area (TPSA) is 70.7 Å². The van der Waals surface area contributed by atoms with Gasteiger partial charge in [0.05, 0.1) is 29.4 Å². The number of nitrogens with zero attached hydrogens (tertiary/aromatic N) is 1. The Balaban J connectivity index is 1.78. The van der Waals surface area contributed by atoms with Gasteiger partial charge in [0.2, 0.25) is 11.8 Å². The van der Waals surface area contributed by atoms with Gasteiger partial charge in [-0.1, -0.05) is 35.3 Å². The molecule has 8 heteroatoms. The summed E-state index contributed by atoms with van der Waals surface area (Å²) in [6, 6.07) is 12.1. The summed E-state index contributed by atoms with van der Waals surface area (Å²) in [5.41, 5.74) is 1.04. The lowest BCUT2D eigenvalue weighted by molar-refractivity contribution is -0.119. The van der Waals surface area contributed by atoms with Gasteiger partial charge in [0.25, 0.3) is 0 Å². The zero-order valence-corrected chi connectivity index (χ0v) is 16.6. The molecule has 0 aromatic heterocycles. The van der Waals surface area contributed by atoms with Crippen LogP contribution in [0.25, 0.3) is 0 Å². The molecule has 2 N–H and O–H groups in total. The molecule has 0 heterocycles. The first-order valence-electron chi connectivity index (χ1n) is 8.25. The summed E-state index contributed by atoms with van der Waals surface area (Å²) in [5.74, 6) is 0.251. The Kier molecular flexibility index (Phi) is 7.91. The molecule has 0 saturated heterocycles. The van der Waals surface area contributed by atoms with E-state index in [0.717, 1.165) is 0 Å². The van der Waals surface area contributed by atoms with Crippen LogP contribution in [0.5, 0.6) is 5.75 Å². The largest absolute Gasteiger partial charge is 0.497 e. The molecule has 0 atom stereocenters. The van der Waals surface area contributed by atoms with Crippen LogP contribution >= 0.6 is 23.2 Å². The summed E-state index contributed by atoms with van der Waals surface area (Å²) in [4.78, 5) is 26.0. The van der Waals surface area contributed by atoms with E-state index < -0.39 is 0 Å². The fourth-order valence-corrected chi connectivity index (χ4v) is 2.83. The van der Waals surface area contributed by atoms with Crippen molar-refractivity contribution in [3.8, 4) is 5.75 Å². The predicted molar refractivity (Wildman–Crippen MR) is 109 cm³/mol. The van der Waals surface area contributed by atoms with E-state index in [-0.39, 0.29) is 24.8 Å². The van der Waals surface area contributed by atoms with Gasteiger partial charge in [0.15, 0.2) is 0 Å². The van der Waals surface area contributed by atoms with Crippen molar-refractivity contribution in [2.24, 2.45) is 0 Å². The lowest BCUT2D eigenvalue weighted by Crippen LogP contribution is -2.32. The molecule has 0 bridgehead atoms. The molecule has 144 valence electrons. The minimum atomic E-state index is -0.231. The van der Waals surface area contributed by atoms with E-state index in [2.05, 4.69) is 10.6 Å². The number of amides is 2. The van der Waals surface area contributed by atoms with E-state index in [1.54, 1.807) is 61.5 Å². The highest BCUT2D eigenvalue weighted by molar-refractivity contribution is 6.39. The highest BCUT2D eigenvalue weighted by Crippen LogP contribution is 2.29. The summed E-state index contributed by atoms with van der Waals surface area (Å²) < 4.78 is 5.12. The van der Waals surface area contributed by atoms with Gasteiger partial charge in [-0.05, 0) is 31.3 Å². The van der Waals surface area contributed by atoms with Crippen molar-refractivity contribution in [3.63, 3.8) is 0 Å². The molecule has 2 aromatic rings. The second-order valence-corrected chi connectivity index (χ2v) is 6.73. The molecule has 0 radical (unpaired) electrons. The Labute approximate surface area is 168 Å². The standard InChI is InChI=1S/C19H21Cl2N3O3/c1-24(12-18(26)22-13-5-3-6-14(11-13)27-2)10-9-17(25)23-19-15(20)7-4-8-16(19)21/h3-8,11H,9-10,12H2,1-2H3,(H,22,26)(H,23,25). The molecule has 6 nitrogen and oxygen atoms in total. The number of para-hydroxylation sites is 1. The van der Waals surface area contributed by atoms with Gasteiger partial charge in [-0.15, -0.1) is 0 Å². The van der Waals surface area contributed by atoms with Crippen LogP contribution in [0.1, 0.15) is 6.42 Å². The molecule has 0 fully saturated rings. The minimum absolute atomic E-state index is 0.150. The Hall–Kier alpha value is -2.28. The number of rotatable bonds is 8. The fraction of sp³-hybridized carbons (Fsp3) is 0.263. The van der Waals surface area contributed by atoms with E-state index in [1.807, 2.05) is 0 Å². The maximum absolute atomic E-state index is 12.1. The molecule has 0 aliphatic rings. The monoisotopic (exact) mass is 409 g/mol. The maximum Gasteiger partial charge on any atom is 0.238 e. The number of carbonyl (C=O) groups excluding carboxylic acids is 2. The number of carbonyl (C=O) groups is 2. The molecule has 0 unspecified atom stereocenters. The molecule has 0 aliphatic heterocycles. The van der Waals surface area contributed by atoms with Crippen LogP contribution in [0.2, 0.25) is 10.0 Å². The minimum Gasteiger partial charge on any atom is -0.497 e. The summed E-state index contributed by atoms with van der Waals surface area (Å²) in [7, 11) is 3.33. The van der Waals surface area contributed by atoms with Crippen molar-refractivity contribution in [1.82, 2.24) is 4.90 Å². The van der Waals surface area contributed by atoms with Crippen molar-refractivity contribution >= 4 is 46.4 Å². The van der Waals surface area contributed by atoms with Gasteiger partial charge in [-0.2, -0.15) is 0 Å². The zero-order valence-electron chi connectivity index (χ0n) is 15.1. The zero-order chi connectivity index (χ0) is 19.8. The van der Waals surface area contributed by atoms with Gasteiger partial charge in [0.1, 0.15) is 5.75 Å². The summed E-state index contributed by atoms with van der Waals surface area (Å²) in [6.45, 7) is 0.552. The number of benzene rings is 2. The first-order valence-corrected chi connectivity index (χ1v) is 9.01. The number of methoxy groups -OCH3 is 1. The van der Waals surface area contributed by atoms with Crippen molar-refractivity contribution in [2.45, 2.75) is 6.42 Å². The highest BCUT2D eigenvalue weighted by Gasteiger charge is 2.12. The van der Waals surface area contributed by atoms with Gasteiger partial charge in [-0.25, -0.2) is 0 Å². The Morgan fingerprint density at radius 2 is 1.70 bits per heavy atom. The van der Waals surface area contributed by atoms with Crippen LogP contribution in [0.3, 0.4) is 0 Å². The van der Waals surface area contributed by atoms with Gasteiger partial charge < -0.3 is 15.4 Å². The third kappa shape index (κ3) is 6.75. The number of hydrogen-bond acceptors (Lipinski definition) is 4. The average molecular weight is 410 g/mol. The predicted octanol–water partition coefficient (Wildman–Crippen LogP) is 3.90. The number of halogens is 2. The lowest BCUT2D eigenvalue weighted by atomic mass is 10.3. The smallest absolute Gasteiger partial charge is 0.238 e. The third-order valence-electron chi connectivity index (χ3n) is 3.71. The second-order valence-electron chi connectivity index (χ2n) is 5.91. The van der Waals surface area contributed by atoms with Gasteiger partial charge in [-0.3, -0.25) is 14.5 Å². The summed E-state index contributed by atoms with van der Waals surface area (Å²) >= 11 is 12.1. The van der Waals surface area contributed by atoms with E-state index in [4.69, 9.17) is 27.9 Å². The second kappa shape index (κ2) is 10.2. The van der Waals surface area contributed by atoms with Crippen LogP contribution in [0.15, 0.2) is 42.5 Å². The fourth-order valence-electron chi connectivity index (χ4n) is 2.34. The van der Waals surface area contributed by atoms with Crippen LogP contribution in [-0.4, -0.2) is 44.0 Å². The SMILES string of the molecule is COc1cccc(NC(=O)CN(C)CCC(=O)Nc2c(Cl)cccc2Cl)c1. The Morgan fingerprint density at radius 1 is 1.04 bits per heavy atom. The molecule has 0 spiro atoms. The number of anilines is 2. The van der Waals surface area contributed by atoms with E-state index in [1.165, 1.54) is 0 Å². The molecular formula is C19H21Cl2N3O3. The molecule has 27 heavy (non-hydrogen) atoms. The quantitative estimate of drug-likeness (QED) is 0.693. The van der Waals surface area contributed by atoms with Crippen molar-refractivity contribution in [2.75, 3.05) is 37.9 Å². The molecule has 2 aromatic carbocycles.